The van der Waals surface area contributed by atoms with Gasteiger partial charge in [0.1, 0.15) is 4.90 Å². The van der Waals surface area contributed by atoms with E-state index in [0.717, 1.165) is 18.4 Å². The lowest BCUT2D eigenvalue weighted by Crippen LogP contribution is -2.43. The minimum absolute atomic E-state index is 0.00298. The van der Waals surface area contributed by atoms with Crippen molar-refractivity contribution in [1.82, 2.24) is 8.61 Å². The largest absolute Gasteiger partial charge is 0.276 e. The van der Waals surface area contributed by atoms with E-state index in [1.54, 1.807) is 24.3 Å². The van der Waals surface area contributed by atoms with Gasteiger partial charge in [0, 0.05) is 5.92 Å². The van der Waals surface area contributed by atoms with E-state index in [-0.39, 0.29) is 39.0 Å². The second-order valence-corrected chi connectivity index (χ2v) is 18.3. The average molecular weight is 681 g/mol. The molecule has 4 aliphatic carbocycles. The highest BCUT2D eigenvalue weighted by Crippen LogP contribution is 2.61. The normalized spacial score (nSPS) is 37.6. The number of amides is 4. The Bertz CT molecular complexity index is 1890. The van der Waals surface area contributed by atoms with E-state index in [0.29, 0.717) is 44.6 Å². The summed E-state index contributed by atoms with van der Waals surface area (Å²) in [6, 6.07) is 12.3. The van der Waals surface area contributed by atoms with E-state index >= 15 is 0 Å². The van der Waals surface area contributed by atoms with Crippen LogP contribution < -0.4 is 0 Å². The maximum Gasteiger partial charge on any atom is 0.276 e. The number of hydrogen-bond donors (Lipinski definition) is 0. The van der Waals surface area contributed by atoms with Crippen LogP contribution in [0.4, 0.5) is 0 Å². The molecule has 11 unspecified atom stereocenters. The third-order valence-electron chi connectivity index (χ3n) is 12.8. The van der Waals surface area contributed by atoms with Crippen LogP contribution in [0.1, 0.15) is 62.9 Å². The zero-order chi connectivity index (χ0) is 33.9. The number of nitrogens with zero attached hydrogens (tertiary/aromatic N) is 2. The molecule has 4 amide bonds. The predicted octanol–water partition coefficient (Wildman–Crippen LogP) is 4.49. The Kier molecular flexibility index (Phi) is 7.41. The summed E-state index contributed by atoms with van der Waals surface area (Å²) >= 11 is 0. The van der Waals surface area contributed by atoms with Crippen LogP contribution in [0.5, 0.6) is 0 Å². The fraction of sp³-hybridized carbons (Fsp3) is 0.543. The summed E-state index contributed by atoms with van der Waals surface area (Å²) in [4.78, 5) is 51.1. The number of hydrogen-bond acceptors (Lipinski definition) is 8. The van der Waals surface area contributed by atoms with E-state index in [2.05, 4.69) is 27.7 Å². The zero-order valence-corrected chi connectivity index (χ0v) is 28.7. The highest BCUT2D eigenvalue weighted by Gasteiger charge is 2.67. The summed E-state index contributed by atoms with van der Waals surface area (Å²) in [6.45, 7) is 10.4. The van der Waals surface area contributed by atoms with Crippen molar-refractivity contribution in [3.05, 3.63) is 59.7 Å². The molecule has 5 fully saturated rings. The Morgan fingerprint density at radius 2 is 1.30 bits per heavy atom. The molecule has 4 saturated carbocycles. The fourth-order valence-corrected chi connectivity index (χ4v) is 12.9. The molecule has 1 saturated heterocycles. The molecular weight excluding hydrogens is 641 g/mol. The standard InChI is InChI=1S/C18H21NO4S.C17H19NO4S/c1-9-4-6-12(7-5-9)24(22,23)19-17(20)15-13-8-14(11(3)10(13)2)16(15)18(19)21;1-9-10(2)13-7-11(9)8-14(13)17(20)18-16(19)12-5-3-4-6-15(12)23(18,21)22/h4-7,10-11,13-16H,8H2,1-3H3;3-6,9-11,13-14H,7-8H2,1-2H3. The maximum absolute atomic E-state index is 12.9. The minimum Gasteiger partial charge on any atom is -0.273 e. The molecule has 8 rings (SSSR count). The number of rotatable bonds is 3. The minimum atomic E-state index is -4.12. The van der Waals surface area contributed by atoms with Gasteiger partial charge in [-0.25, -0.2) is 16.8 Å². The van der Waals surface area contributed by atoms with Crippen molar-refractivity contribution < 1.29 is 36.0 Å². The highest BCUT2D eigenvalue weighted by atomic mass is 32.2. The maximum atomic E-state index is 12.9. The van der Waals surface area contributed by atoms with Crippen LogP contribution in [0.25, 0.3) is 0 Å². The molecule has 2 aliphatic heterocycles. The lowest BCUT2D eigenvalue weighted by molar-refractivity contribution is -0.135. The van der Waals surface area contributed by atoms with Gasteiger partial charge in [0.05, 0.1) is 22.3 Å². The first-order valence-electron chi connectivity index (χ1n) is 16.5. The van der Waals surface area contributed by atoms with Gasteiger partial charge >= 0.3 is 0 Å². The van der Waals surface area contributed by atoms with Gasteiger partial charge in [-0.1, -0.05) is 57.5 Å². The predicted molar refractivity (Wildman–Crippen MR) is 170 cm³/mol. The quantitative estimate of drug-likeness (QED) is 0.432. The Morgan fingerprint density at radius 1 is 0.745 bits per heavy atom. The van der Waals surface area contributed by atoms with Crippen molar-refractivity contribution >= 4 is 43.7 Å². The average Bonchev–Trinajstić information content (AvgIpc) is 3.84. The van der Waals surface area contributed by atoms with E-state index in [1.165, 1.54) is 24.3 Å². The molecule has 0 spiro atoms. The molecule has 250 valence electrons. The third kappa shape index (κ3) is 4.46. The van der Waals surface area contributed by atoms with Gasteiger partial charge in [-0.2, -0.15) is 8.61 Å². The molecule has 0 radical (unpaired) electrons. The summed E-state index contributed by atoms with van der Waals surface area (Å²) in [6.07, 6.45) is 2.53. The van der Waals surface area contributed by atoms with Crippen LogP contribution in [-0.4, -0.2) is 49.1 Å². The highest BCUT2D eigenvalue weighted by molar-refractivity contribution is 7.91. The number of carbonyl (C=O) groups is 4. The number of fused-ring (bicyclic) bond motifs is 8. The first-order chi connectivity index (χ1) is 22.1. The van der Waals surface area contributed by atoms with Crippen molar-refractivity contribution in [1.29, 1.82) is 0 Å². The molecule has 6 aliphatic rings. The third-order valence-corrected chi connectivity index (χ3v) is 16.2. The van der Waals surface area contributed by atoms with Crippen LogP contribution in [0.2, 0.25) is 0 Å². The van der Waals surface area contributed by atoms with Gasteiger partial charge in [0.25, 0.3) is 26.0 Å². The molecule has 0 aromatic heterocycles. The molecule has 2 aromatic rings. The van der Waals surface area contributed by atoms with E-state index < -0.39 is 55.5 Å². The number of sulfonamides is 2. The Hall–Kier alpha value is -3.38. The van der Waals surface area contributed by atoms with Gasteiger partial charge in [0.15, 0.2) is 0 Å². The van der Waals surface area contributed by atoms with E-state index in [4.69, 9.17) is 0 Å². The van der Waals surface area contributed by atoms with Crippen LogP contribution >= 0.6 is 0 Å². The Morgan fingerprint density at radius 3 is 1.83 bits per heavy atom. The summed E-state index contributed by atoms with van der Waals surface area (Å²) in [5, 5.41) is 0. The van der Waals surface area contributed by atoms with Crippen LogP contribution in [0, 0.1) is 72.0 Å². The van der Waals surface area contributed by atoms with Gasteiger partial charge in [-0.05, 0) is 97.8 Å². The second-order valence-electron chi connectivity index (χ2n) is 14.7. The van der Waals surface area contributed by atoms with Crippen LogP contribution in [-0.2, 0) is 34.4 Å². The molecule has 4 bridgehead atoms. The van der Waals surface area contributed by atoms with Crippen molar-refractivity contribution in [3.8, 4) is 0 Å². The van der Waals surface area contributed by atoms with Crippen LogP contribution in [0.3, 0.4) is 0 Å². The second kappa shape index (κ2) is 10.8. The van der Waals surface area contributed by atoms with E-state index in [9.17, 15) is 36.0 Å². The zero-order valence-electron chi connectivity index (χ0n) is 27.1. The molecule has 11 atom stereocenters. The lowest BCUT2D eigenvalue weighted by atomic mass is 9.70. The molecular formula is C35H40N2O8S2. The molecule has 10 nitrogen and oxygen atoms in total. The SMILES string of the molecule is CC1C2CC(C(=O)N3C(=O)c4ccccc4S3(=O)=O)C(C2)C1C.Cc1ccc(S(=O)(=O)N2C(=O)C3C4CC(C(C)C4C)C3C2=O)cc1. The van der Waals surface area contributed by atoms with E-state index in [1.807, 2.05) is 6.92 Å². The van der Waals surface area contributed by atoms with Crippen molar-refractivity contribution in [2.75, 3.05) is 0 Å². The first-order valence-corrected chi connectivity index (χ1v) is 19.4. The van der Waals surface area contributed by atoms with Gasteiger partial charge in [-0.15, -0.1) is 0 Å². The number of benzene rings is 2. The molecule has 12 heteroatoms. The summed E-state index contributed by atoms with van der Waals surface area (Å²) in [5.41, 5.74) is 1.02. The Balaban J connectivity index is 0.000000150. The van der Waals surface area contributed by atoms with Gasteiger partial charge in [0.2, 0.25) is 17.7 Å². The summed E-state index contributed by atoms with van der Waals surface area (Å²) in [5.74, 6) is -0.930. The van der Waals surface area contributed by atoms with Gasteiger partial charge in [-0.3, -0.25) is 19.2 Å². The molecule has 0 N–H and O–H groups in total. The van der Waals surface area contributed by atoms with Crippen LogP contribution in [0.15, 0.2) is 58.3 Å². The lowest BCUT2D eigenvalue weighted by Gasteiger charge is -2.32. The van der Waals surface area contributed by atoms with Crippen molar-refractivity contribution in [3.63, 3.8) is 0 Å². The number of carbonyl (C=O) groups excluding carboxylic acids is 4. The van der Waals surface area contributed by atoms with Gasteiger partial charge < -0.3 is 0 Å². The molecule has 2 aromatic carbocycles. The topological polar surface area (TPSA) is 143 Å². The number of imide groups is 2. The summed E-state index contributed by atoms with van der Waals surface area (Å²) < 4.78 is 52.1. The number of aryl methyl sites for hydroxylation is 1. The first kappa shape index (κ1) is 32.2. The smallest absolute Gasteiger partial charge is 0.273 e. The summed E-state index contributed by atoms with van der Waals surface area (Å²) in [7, 11) is -8.16. The molecule has 47 heavy (non-hydrogen) atoms. The Labute approximate surface area is 276 Å². The van der Waals surface area contributed by atoms with Crippen molar-refractivity contribution in [2.24, 2.45) is 65.1 Å². The van der Waals surface area contributed by atoms with Crippen molar-refractivity contribution in [2.45, 2.75) is 63.7 Å². The fourth-order valence-electron chi connectivity index (χ4n) is 9.89. The molecule has 2 heterocycles. The monoisotopic (exact) mass is 680 g/mol.